The van der Waals surface area contributed by atoms with Crippen molar-refractivity contribution in [1.82, 2.24) is 0 Å². The van der Waals surface area contributed by atoms with Crippen LogP contribution in [0.3, 0.4) is 0 Å². The number of hydrogen-bond acceptors (Lipinski definition) is 3. The molecule has 21 heavy (non-hydrogen) atoms. The number of rotatable bonds is 7. The zero-order chi connectivity index (χ0) is 15.1. The van der Waals surface area contributed by atoms with E-state index in [2.05, 4.69) is 13.8 Å². The van der Waals surface area contributed by atoms with Crippen LogP contribution in [0.4, 0.5) is 0 Å². The molecule has 0 bridgehead atoms. The van der Waals surface area contributed by atoms with Crippen molar-refractivity contribution in [2.75, 3.05) is 13.2 Å². The molecule has 0 aliphatic heterocycles. The summed E-state index contributed by atoms with van der Waals surface area (Å²) in [6, 6.07) is 7.98. The summed E-state index contributed by atoms with van der Waals surface area (Å²) in [5, 5.41) is 0. The lowest BCUT2D eigenvalue weighted by molar-refractivity contribution is -0.00160. The summed E-state index contributed by atoms with van der Waals surface area (Å²) < 4.78 is 11.7. The topological polar surface area (TPSA) is 44.5 Å². The minimum atomic E-state index is 0.455. The molecule has 0 radical (unpaired) electrons. The van der Waals surface area contributed by atoms with Crippen molar-refractivity contribution in [1.29, 1.82) is 0 Å². The molecular formula is C18H29NO2. The molecule has 3 atom stereocenters. The quantitative estimate of drug-likeness (QED) is 0.778. The molecule has 0 heterocycles. The zero-order valence-electron chi connectivity index (χ0n) is 13.4. The number of hydrogen-bond donors (Lipinski definition) is 1. The Labute approximate surface area is 128 Å². The largest absolute Gasteiger partial charge is 0.493 e. The third-order valence-corrected chi connectivity index (χ3v) is 4.60. The van der Waals surface area contributed by atoms with Crippen molar-refractivity contribution in [3.8, 4) is 5.75 Å². The van der Waals surface area contributed by atoms with E-state index < -0.39 is 0 Å². The van der Waals surface area contributed by atoms with E-state index in [0.717, 1.165) is 36.2 Å². The van der Waals surface area contributed by atoms with Crippen LogP contribution in [-0.4, -0.2) is 19.3 Å². The first-order valence-electron chi connectivity index (χ1n) is 8.22. The molecule has 1 fully saturated rings. The first-order chi connectivity index (χ1) is 10.2. The van der Waals surface area contributed by atoms with E-state index in [9.17, 15) is 0 Å². The lowest BCUT2D eigenvalue weighted by atomic mass is 9.80. The molecule has 118 valence electrons. The van der Waals surface area contributed by atoms with Crippen LogP contribution in [0, 0.1) is 11.8 Å². The molecule has 3 unspecified atom stereocenters. The molecule has 2 N–H and O–H groups in total. The Morgan fingerprint density at radius 2 is 2.00 bits per heavy atom. The van der Waals surface area contributed by atoms with Gasteiger partial charge in [0.05, 0.1) is 19.3 Å². The molecule has 0 saturated heterocycles. The second kappa shape index (κ2) is 8.40. The van der Waals surface area contributed by atoms with E-state index >= 15 is 0 Å². The molecular weight excluding hydrogens is 262 g/mol. The minimum absolute atomic E-state index is 0.455. The minimum Gasteiger partial charge on any atom is -0.493 e. The first-order valence-corrected chi connectivity index (χ1v) is 8.22. The maximum absolute atomic E-state index is 5.98. The number of benzene rings is 1. The molecule has 3 nitrogen and oxygen atoms in total. The van der Waals surface area contributed by atoms with Gasteiger partial charge in [-0.25, -0.2) is 0 Å². The Kier molecular flexibility index (Phi) is 6.52. The van der Waals surface area contributed by atoms with Crippen molar-refractivity contribution in [2.24, 2.45) is 17.6 Å². The van der Waals surface area contributed by atoms with Crippen LogP contribution >= 0.6 is 0 Å². The number of ether oxygens (including phenoxy) is 2. The van der Waals surface area contributed by atoms with Crippen LogP contribution in [0.15, 0.2) is 24.3 Å². The van der Waals surface area contributed by atoms with Crippen molar-refractivity contribution in [3.05, 3.63) is 29.8 Å². The van der Waals surface area contributed by atoms with E-state index in [4.69, 9.17) is 15.2 Å². The summed E-state index contributed by atoms with van der Waals surface area (Å²) in [5.41, 5.74) is 6.73. The second-order valence-corrected chi connectivity index (χ2v) is 6.31. The molecule has 0 aromatic heterocycles. The molecule has 1 saturated carbocycles. The molecule has 1 aromatic rings. The van der Waals surface area contributed by atoms with Crippen LogP contribution in [0.1, 0.15) is 45.1 Å². The average Bonchev–Trinajstić information content (AvgIpc) is 2.50. The summed E-state index contributed by atoms with van der Waals surface area (Å²) in [7, 11) is 0. The van der Waals surface area contributed by atoms with E-state index in [1.54, 1.807) is 0 Å². The molecule has 0 spiro atoms. The fourth-order valence-electron chi connectivity index (χ4n) is 2.91. The van der Waals surface area contributed by atoms with Gasteiger partial charge in [-0.3, -0.25) is 0 Å². The van der Waals surface area contributed by atoms with Gasteiger partial charge in [0.25, 0.3) is 0 Å². The van der Waals surface area contributed by atoms with Gasteiger partial charge in [0.1, 0.15) is 5.75 Å². The molecule has 1 aliphatic rings. The molecule has 0 amide bonds. The SMILES string of the molecule is CC1CCC(OCCCOc2cccc(CN)c2)CC1C. The summed E-state index contributed by atoms with van der Waals surface area (Å²) >= 11 is 0. The van der Waals surface area contributed by atoms with Gasteiger partial charge in [0.2, 0.25) is 0 Å². The maximum Gasteiger partial charge on any atom is 0.119 e. The smallest absolute Gasteiger partial charge is 0.119 e. The van der Waals surface area contributed by atoms with Crippen LogP contribution in [-0.2, 0) is 11.3 Å². The predicted molar refractivity (Wildman–Crippen MR) is 86.4 cm³/mol. The van der Waals surface area contributed by atoms with E-state index in [1.165, 1.54) is 19.3 Å². The fourth-order valence-corrected chi connectivity index (χ4v) is 2.91. The van der Waals surface area contributed by atoms with Crippen molar-refractivity contribution < 1.29 is 9.47 Å². The van der Waals surface area contributed by atoms with E-state index in [1.807, 2.05) is 24.3 Å². The van der Waals surface area contributed by atoms with Gasteiger partial charge in [0, 0.05) is 13.0 Å². The highest BCUT2D eigenvalue weighted by atomic mass is 16.5. The zero-order valence-corrected chi connectivity index (χ0v) is 13.4. The van der Waals surface area contributed by atoms with Crippen LogP contribution in [0.2, 0.25) is 0 Å². The fraction of sp³-hybridized carbons (Fsp3) is 0.667. The molecule has 1 aromatic carbocycles. The summed E-state index contributed by atoms with van der Waals surface area (Å²) in [6.07, 6.45) is 5.12. The Balaban J connectivity index is 1.59. The van der Waals surface area contributed by atoms with Crippen LogP contribution in [0.5, 0.6) is 5.75 Å². The van der Waals surface area contributed by atoms with E-state index in [0.29, 0.717) is 19.3 Å². The Morgan fingerprint density at radius 1 is 1.14 bits per heavy atom. The first kappa shape index (κ1) is 16.3. The van der Waals surface area contributed by atoms with Crippen molar-refractivity contribution in [3.63, 3.8) is 0 Å². The highest BCUT2D eigenvalue weighted by Crippen LogP contribution is 2.30. The summed E-state index contributed by atoms with van der Waals surface area (Å²) in [6.45, 7) is 6.74. The average molecular weight is 291 g/mol. The van der Waals surface area contributed by atoms with Crippen LogP contribution in [0.25, 0.3) is 0 Å². The summed E-state index contributed by atoms with van der Waals surface area (Å²) in [4.78, 5) is 0. The summed E-state index contributed by atoms with van der Waals surface area (Å²) in [5.74, 6) is 2.54. The Bertz CT molecular complexity index is 421. The van der Waals surface area contributed by atoms with Crippen molar-refractivity contribution >= 4 is 0 Å². The Hall–Kier alpha value is -1.06. The van der Waals surface area contributed by atoms with Gasteiger partial charge >= 0.3 is 0 Å². The molecule has 2 rings (SSSR count). The maximum atomic E-state index is 5.98. The highest BCUT2D eigenvalue weighted by Gasteiger charge is 2.24. The van der Waals surface area contributed by atoms with Gasteiger partial charge in [-0.15, -0.1) is 0 Å². The molecule has 1 aliphatic carbocycles. The third-order valence-electron chi connectivity index (χ3n) is 4.60. The van der Waals surface area contributed by atoms with Gasteiger partial charge in [-0.2, -0.15) is 0 Å². The second-order valence-electron chi connectivity index (χ2n) is 6.31. The monoisotopic (exact) mass is 291 g/mol. The van der Waals surface area contributed by atoms with Gasteiger partial charge in [-0.05, 0) is 48.8 Å². The van der Waals surface area contributed by atoms with Crippen LogP contribution < -0.4 is 10.5 Å². The lowest BCUT2D eigenvalue weighted by Crippen LogP contribution is -2.27. The third kappa shape index (κ3) is 5.33. The van der Waals surface area contributed by atoms with Crippen molar-refractivity contribution in [2.45, 2.75) is 52.2 Å². The highest BCUT2D eigenvalue weighted by molar-refractivity contribution is 5.28. The predicted octanol–water partition coefficient (Wildman–Crippen LogP) is 3.76. The molecule has 3 heteroatoms. The van der Waals surface area contributed by atoms with Gasteiger partial charge < -0.3 is 15.2 Å². The standard InChI is InChI=1S/C18H29NO2/c1-14-7-8-18(11-15(14)2)21-10-4-9-20-17-6-3-5-16(12-17)13-19/h3,5-6,12,14-15,18H,4,7-11,13,19H2,1-2H3. The van der Waals surface area contributed by atoms with Gasteiger partial charge in [-0.1, -0.05) is 26.0 Å². The normalized spacial score (nSPS) is 25.8. The van der Waals surface area contributed by atoms with E-state index in [-0.39, 0.29) is 0 Å². The Morgan fingerprint density at radius 3 is 2.76 bits per heavy atom. The van der Waals surface area contributed by atoms with Gasteiger partial charge in [0.15, 0.2) is 0 Å². The lowest BCUT2D eigenvalue weighted by Gasteiger charge is -2.31. The number of nitrogens with two attached hydrogens (primary N) is 1.